The summed E-state index contributed by atoms with van der Waals surface area (Å²) in [5.74, 6) is -2.79. The van der Waals surface area contributed by atoms with Crippen molar-refractivity contribution in [3.8, 4) is 11.8 Å². The van der Waals surface area contributed by atoms with Crippen LogP contribution in [0.4, 0.5) is 29.1 Å². The van der Waals surface area contributed by atoms with E-state index in [9.17, 15) is 30.8 Å². The number of carbonyl (C=O) groups excluding carboxylic acids is 1. The highest BCUT2D eigenvalue weighted by molar-refractivity contribution is 7.87. The standard InChI is InChI=1S/C21H23F4N5O6S/c1-12(31)28-5-2-16-14(11-28)18(27-30(16)13-3-7-34-8-4-13)29-6-9-35-20-17(29)10-15(22)19(26-20)36-37(32,33)21(23,24)25/h10,13H,2-9,11H2,1H3. The third-order valence-electron chi connectivity index (χ3n) is 6.51. The molecular formula is C21H23F4N5O6S. The number of amides is 1. The van der Waals surface area contributed by atoms with Gasteiger partial charge in [0, 0.05) is 50.4 Å². The van der Waals surface area contributed by atoms with Crippen molar-refractivity contribution in [2.45, 2.75) is 44.3 Å². The topological polar surface area (TPSA) is 116 Å². The van der Waals surface area contributed by atoms with Crippen LogP contribution in [0, 0.1) is 5.82 Å². The van der Waals surface area contributed by atoms with Crippen molar-refractivity contribution in [3.05, 3.63) is 23.1 Å². The first kappa shape index (κ1) is 25.5. The minimum atomic E-state index is -6.14. The summed E-state index contributed by atoms with van der Waals surface area (Å²) in [4.78, 5) is 19.0. The summed E-state index contributed by atoms with van der Waals surface area (Å²) in [6.07, 6.45) is 2.05. The van der Waals surface area contributed by atoms with Crippen molar-refractivity contribution in [3.63, 3.8) is 0 Å². The average Bonchev–Trinajstić information content (AvgIpc) is 3.22. The van der Waals surface area contributed by atoms with Crippen LogP contribution in [0.25, 0.3) is 0 Å². The van der Waals surface area contributed by atoms with E-state index in [0.29, 0.717) is 32.0 Å². The number of alkyl halides is 3. The molecule has 3 aliphatic rings. The molecule has 1 amide bonds. The summed E-state index contributed by atoms with van der Waals surface area (Å²) in [6.45, 7) is 3.62. The zero-order chi connectivity index (χ0) is 26.5. The maximum absolute atomic E-state index is 14.8. The molecule has 0 aliphatic carbocycles. The molecule has 16 heteroatoms. The second kappa shape index (κ2) is 9.31. The minimum Gasteiger partial charge on any atom is -0.474 e. The minimum absolute atomic E-state index is 0.00637. The number of carbonyl (C=O) groups is 1. The van der Waals surface area contributed by atoms with Gasteiger partial charge in [0.05, 0.1) is 19.1 Å². The van der Waals surface area contributed by atoms with Gasteiger partial charge in [0.2, 0.25) is 11.8 Å². The Balaban J connectivity index is 1.56. The molecular weight excluding hydrogens is 526 g/mol. The molecule has 0 N–H and O–H groups in total. The predicted octanol–water partition coefficient (Wildman–Crippen LogP) is 2.43. The lowest BCUT2D eigenvalue weighted by atomic mass is 10.0. The lowest BCUT2D eigenvalue weighted by Crippen LogP contribution is -2.36. The van der Waals surface area contributed by atoms with E-state index in [1.165, 1.54) is 6.92 Å². The number of hydrogen-bond acceptors (Lipinski definition) is 9. The van der Waals surface area contributed by atoms with E-state index in [1.807, 2.05) is 4.68 Å². The normalized spacial score (nSPS) is 18.7. The van der Waals surface area contributed by atoms with Crippen molar-refractivity contribution < 1.29 is 44.4 Å². The first-order chi connectivity index (χ1) is 17.5. The van der Waals surface area contributed by atoms with Gasteiger partial charge in [-0.05, 0) is 12.8 Å². The summed E-state index contributed by atoms with van der Waals surface area (Å²) >= 11 is 0. The second-order valence-electron chi connectivity index (χ2n) is 8.81. The van der Waals surface area contributed by atoms with E-state index in [2.05, 4.69) is 9.17 Å². The van der Waals surface area contributed by atoms with Crippen LogP contribution in [0.5, 0.6) is 11.8 Å². The Hall–Kier alpha value is -3.14. The highest BCUT2D eigenvalue weighted by atomic mass is 32.2. The fourth-order valence-electron chi connectivity index (χ4n) is 4.68. The van der Waals surface area contributed by atoms with Crippen LogP contribution in [0.1, 0.15) is 37.1 Å². The predicted molar refractivity (Wildman–Crippen MR) is 118 cm³/mol. The lowest BCUT2D eigenvalue weighted by Gasteiger charge is -2.32. The van der Waals surface area contributed by atoms with Crippen molar-refractivity contribution in [2.24, 2.45) is 0 Å². The molecule has 202 valence electrons. The smallest absolute Gasteiger partial charge is 0.474 e. The van der Waals surface area contributed by atoms with Crippen LogP contribution in [0.15, 0.2) is 6.07 Å². The molecule has 3 aliphatic heterocycles. The molecule has 0 aromatic carbocycles. The average molecular weight is 550 g/mol. The van der Waals surface area contributed by atoms with Crippen LogP contribution >= 0.6 is 0 Å². The molecule has 2 aromatic rings. The third kappa shape index (κ3) is 4.67. The SMILES string of the molecule is CC(=O)N1CCc2c(c(N3CCOc4nc(OS(=O)(=O)C(F)(F)F)c(F)cc43)nn2C2CCOCC2)C1. The summed E-state index contributed by atoms with van der Waals surface area (Å²) < 4.78 is 92.4. The zero-order valence-corrected chi connectivity index (χ0v) is 20.4. The van der Waals surface area contributed by atoms with Crippen LogP contribution in [-0.2, 0) is 32.6 Å². The largest absolute Gasteiger partial charge is 0.534 e. The molecule has 1 saturated heterocycles. The number of pyridine rings is 1. The van der Waals surface area contributed by atoms with Crippen LogP contribution in [0.2, 0.25) is 0 Å². The van der Waals surface area contributed by atoms with E-state index in [1.54, 1.807) is 9.80 Å². The Labute approximate surface area is 209 Å². The number of nitrogens with zero attached hydrogens (tertiary/aromatic N) is 5. The number of aromatic nitrogens is 3. The summed E-state index contributed by atoms with van der Waals surface area (Å²) in [6, 6.07) is 0.868. The highest BCUT2D eigenvalue weighted by Gasteiger charge is 2.49. The molecule has 1 fully saturated rings. The fraction of sp³-hybridized carbons (Fsp3) is 0.571. The van der Waals surface area contributed by atoms with E-state index in [0.717, 1.165) is 30.2 Å². The molecule has 0 spiro atoms. The van der Waals surface area contributed by atoms with Crippen LogP contribution in [0.3, 0.4) is 0 Å². The monoisotopic (exact) mass is 549 g/mol. The Kier molecular flexibility index (Phi) is 6.42. The molecule has 5 rings (SSSR count). The number of fused-ring (bicyclic) bond motifs is 2. The van der Waals surface area contributed by atoms with Gasteiger partial charge in [-0.15, -0.1) is 0 Å². The first-order valence-electron chi connectivity index (χ1n) is 11.5. The van der Waals surface area contributed by atoms with Gasteiger partial charge >= 0.3 is 15.6 Å². The molecule has 2 aromatic heterocycles. The van der Waals surface area contributed by atoms with Crippen molar-refractivity contribution in [1.82, 2.24) is 19.7 Å². The van der Waals surface area contributed by atoms with Gasteiger partial charge in [-0.1, -0.05) is 0 Å². The van der Waals surface area contributed by atoms with Gasteiger partial charge in [0.25, 0.3) is 5.88 Å². The maximum Gasteiger partial charge on any atom is 0.534 e. The van der Waals surface area contributed by atoms with Crippen LogP contribution in [-0.4, -0.2) is 72.4 Å². The van der Waals surface area contributed by atoms with E-state index >= 15 is 0 Å². The van der Waals surface area contributed by atoms with Gasteiger partial charge in [-0.25, -0.2) is 4.39 Å². The molecule has 0 unspecified atom stereocenters. The Morgan fingerprint density at radius 2 is 1.92 bits per heavy atom. The second-order valence-corrected chi connectivity index (χ2v) is 10.3. The number of hydrogen-bond donors (Lipinski definition) is 0. The molecule has 0 radical (unpaired) electrons. The molecule has 37 heavy (non-hydrogen) atoms. The number of ether oxygens (including phenoxy) is 2. The van der Waals surface area contributed by atoms with Gasteiger partial charge in [-0.3, -0.25) is 9.48 Å². The van der Waals surface area contributed by atoms with Crippen molar-refractivity contribution in [2.75, 3.05) is 37.8 Å². The summed E-state index contributed by atoms with van der Waals surface area (Å²) in [7, 11) is -6.14. The number of halogens is 4. The molecule has 0 atom stereocenters. The van der Waals surface area contributed by atoms with E-state index < -0.39 is 27.3 Å². The molecule has 0 bridgehead atoms. The third-order valence-corrected chi connectivity index (χ3v) is 7.45. The summed E-state index contributed by atoms with van der Waals surface area (Å²) in [5, 5.41) is 4.84. The van der Waals surface area contributed by atoms with Gasteiger partial charge in [0.15, 0.2) is 11.6 Å². The molecule has 5 heterocycles. The maximum atomic E-state index is 14.8. The Bertz CT molecular complexity index is 1330. The van der Waals surface area contributed by atoms with Crippen molar-refractivity contribution in [1.29, 1.82) is 0 Å². The number of anilines is 2. The zero-order valence-electron chi connectivity index (χ0n) is 19.6. The lowest BCUT2D eigenvalue weighted by molar-refractivity contribution is -0.129. The highest BCUT2D eigenvalue weighted by Crippen LogP contribution is 2.42. The van der Waals surface area contributed by atoms with E-state index in [4.69, 9.17) is 14.6 Å². The Morgan fingerprint density at radius 1 is 1.19 bits per heavy atom. The van der Waals surface area contributed by atoms with Crippen molar-refractivity contribution >= 4 is 27.5 Å². The quantitative estimate of drug-likeness (QED) is 0.322. The van der Waals surface area contributed by atoms with Gasteiger partial charge in [-0.2, -0.15) is 31.7 Å². The summed E-state index contributed by atoms with van der Waals surface area (Å²) in [5.41, 5.74) is -4.01. The number of rotatable bonds is 4. The molecule has 11 nitrogen and oxygen atoms in total. The van der Waals surface area contributed by atoms with Gasteiger partial charge < -0.3 is 23.5 Å². The fourth-order valence-corrected chi connectivity index (χ4v) is 5.09. The van der Waals surface area contributed by atoms with Crippen LogP contribution < -0.4 is 13.8 Å². The van der Waals surface area contributed by atoms with Gasteiger partial charge in [0.1, 0.15) is 12.3 Å². The van der Waals surface area contributed by atoms with E-state index in [-0.39, 0.29) is 43.2 Å². The Morgan fingerprint density at radius 3 is 2.59 bits per heavy atom. The molecule has 0 saturated carbocycles. The first-order valence-corrected chi connectivity index (χ1v) is 12.9.